The first kappa shape index (κ1) is 23.2. The molecule has 0 nitrogen and oxygen atoms in total. The van der Waals surface area contributed by atoms with Crippen molar-refractivity contribution in [1.29, 1.82) is 0 Å². The van der Waals surface area contributed by atoms with E-state index < -0.39 is 17.9 Å². The third kappa shape index (κ3) is 3.12. The normalized spacial score (nSPS) is 19.7. The van der Waals surface area contributed by atoms with Crippen molar-refractivity contribution in [3.63, 3.8) is 0 Å². The van der Waals surface area contributed by atoms with E-state index in [1.807, 2.05) is 0 Å². The molecule has 153 valence electrons. The molecule has 2 aliphatic carbocycles. The van der Waals surface area contributed by atoms with Gasteiger partial charge in [0.1, 0.15) is 0 Å². The topological polar surface area (TPSA) is 0 Å². The van der Waals surface area contributed by atoms with Crippen LogP contribution in [0.25, 0.3) is 12.2 Å². The molecule has 2 atom stereocenters. The Morgan fingerprint density at radius 3 is 1.57 bits per heavy atom. The van der Waals surface area contributed by atoms with E-state index in [2.05, 4.69) is 114 Å². The third-order valence-electron chi connectivity index (χ3n) is 7.35. The van der Waals surface area contributed by atoms with Gasteiger partial charge in [-0.05, 0) is 0 Å². The largest absolute Gasteiger partial charge is 0.147 e. The molecular weight excluding hydrogens is 503 g/mol. The van der Waals surface area contributed by atoms with E-state index in [-0.39, 0.29) is 24.8 Å². The molecule has 5 rings (SSSR count). The first-order chi connectivity index (χ1) is 13.7. The second kappa shape index (κ2) is 8.60. The Hall–Kier alpha value is -1.44. The number of benzene rings is 3. The van der Waals surface area contributed by atoms with Crippen LogP contribution in [0.1, 0.15) is 29.5 Å². The first-order valence-corrected chi connectivity index (χ1v) is 23.9. The molecule has 0 saturated heterocycles. The molecular formula is C26H27Cl2SiZr. The summed E-state index contributed by atoms with van der Waals surface area (Å²) < 4.78 is 5.01. The summed E-state index contributed by atoms with van der Waals surface area (Å²) in [5, 5.41) is 0. The summed E-state index contributed by atoms with van der Waals surface area (Å²) in [4.78, 5) is 0. The standard InChI is InChI=1S/2C9H7.C6H5.C2H3.2ClH.H3Si.Zr/c2*1-2-5-9-7-3-6-8(9)4-1;1-2-4-6-5-3-1;1-2;;;;/h2*1-7H;1-5H;1H,2H2;2*1H;1H3;. The van der Waals surface area contributed by atoms with Gasteiger partial charge in [-0.1, -0.05) is 0 Å². The molecule has 0 N–H and O–H groups in total. The second-order valence-corrected chi connectivity index (χ2v) is 37.3. The summed E-state index contributed by atoms with van der Waals surface area (Å²) >= 11 is -3.77. The fourth-order valence-corrected chi connectivity index (χ4v) is 29.2. The van der Waals surface area contributed by atoms with Gasteiger partial charge in [-0.2, -0.15) is 0 Å². The van der Waals surface area contributed by atoms with Gasteiger partial charge in [-0.15, -0.1) is 24.8 Å². The van der Waals surface area contributed by atoms with Crippen molar-refractivity contribution in [1.82, 2.24) is 0 Å². The summed E-state index contributed by atoms with van der Waals surface area (Å²) in [6, 6.07) is 29.3. The minimum absolute atomic E-state index is 0. The maximum atomic E-state index is 4.58. The maximum Gasteiger partial charge on any atom is -0.147 e. The van der Waals surface area contributed by atoms with Gasteiger partial charge in [0.2, 0.25) is 0 Å². The van der Waals surface area contributed by atoms with Crippen LogP contribution in [0.4, 0.5) is 0 Å². The van der Waals surface area contributed by atoms with Crippen LogP contribution in [-0.4, -0.2) is 7.37 Å². The molecule has 0 fully saturated rings. The average Bonchev–Trinajstić information content (AvgIpc) is 3.39. The molecule has 0 aliphatic heterocycles. The number of rotatable bonds is 4. The number of hydrogen-bond donors (Lipinski definition) is 0. The molecule has 0 spiro atoms. The van der Waals surface area contributed by atoms with Crippen LogP contribution in [0.2, 0.25) is 0 Å². The quantitative estimate of drug-likeness (QED) is 0.375. The van der Waals surface area contributed by atoms with Gasteiger partial charge in [0.25, 0.3) is 0 Å². The van der Waals surface area contributed by atoms with Crippen LogP contribution in [0.5, 0.6) is 0 Å². The van der Waals surface area contributed by atoms with Gasteiger partial charge in [0.15, 0.2) is 0 Å². The van der Waals surface area contributed by atoms with Crippen LogP contribution in [0.3, 0.4) is 0 Å². The predicted molar refractivity (Wildman–Crippen MR) is 137 cm³/mol. The molecule has 4 heteroatoms. The van der Waals surface area contributed by atoms with Crippen molar-refractivity contribution < 1.29 is 17.9 Å². The van der Waals surface area contributed by atoms with Gasteiger partial charge < -0.3 is 0 Å². The summed E-state index contributed by atoms with van der Waals surface area (Å²) in [6.45, 7) is 4.58. The Bertz CT molecular complexity index is 1080. The van der Waals surface area contributed by atoms with E-state index in [1.165, 1.54) is 22.3 Å². The van der Waals surface area contributed by atoms with Crippen LogP contribution in [-0.2, 0) is 17.9 Å². The molecule has 3 aromatic carbocycles. The van der Waals surface area contributed by atoms with Crippen molar-refractivity contribution in [2.75, 3.05) is 0 Å². The number of allylic oxidation sites excluding steroid dienone is 2. The monoisotopic (exact) mass is 527 g/mol. The Kier molecular flexibility index (Phi) is 6.65. The zero-order valence-electron chi connectivity index (χ0n) is 17.1. The first-order valence-electron chi connectivity index (χ1n) is 10.1. The fourth-order valence-electron chi connectivity index (χ4n) is 5.65. The van der Waals surface area contributed by atoms with E-state index in [0.29, 0.717) is 7.25 Å². The Labute approximate surface area is 195 Å². The molecule has 0 heterocycles. The van der Waals surface area contributed by atoms with Gasteiger partial charge in [-0.25, -0.2) is 0 Å². The molecule has 2 aliphatic rings. The van der Waals surface area contributed by atoms with E-state index in [1.54, 1.807) is 3.27 Å². The second-order valence-electron chi connectivity index (χ2n) is 8.55. The van der Waals surface area contributed by atoms with Crippen LogP contribution in [0.15, 0.2) is 101 Å². The maximum absolute atomic E-state index is 4.58. The van der Waals surface area contributed by atoms with Gasteiger partial charge in [0.05, 0.1) is 0 Å². The molecule has 0 bridgehead atoms. The molecule has 2 unspecified atom stereocenters. The Balaban J connectivity index is 0.00000128. The van der Waals surface area contributed by atoms with Gasteiger partial charge >= 0.3 is 172 Å². The average molecular weight is 530 g/mol. The van der Waals surface area contributed by atoms with Crippen molar-refractivity contribution >= 4 is 47.6 Å². The number of halogens is 2. The van der Waals surface area contributed by atoms with Gasteiger partial charge in [0, 0.05) is 0 Å². The summed E-state index contributed by atoms with van der Waals surface area (Å²) in [6.07, 6.45) is 9.71. The van der Waals surface area contributed by atoms with E-state index >= 15 is 0 Å². The summed E-state index contributed by atoms with van der Waals surface area (Å²) in [7, 11) is 1.15. The van der Waals surface area contributed by atoms with Crippen LogP contribution < -0.4 is 3.27 Å². The van der Waals surface area contributed by atoms with Crippen molar-refractivity contribution in [2.45, 2.75) is 7.25 Å². The molecule has 0 aromatic heterocycles. The van der Waals surface area contributed by atoms with E-state index in [0.717, 1.165) is 7.37 Å². The SMILES string of the molecule is C=[CH][Zr]([SiH3])([c]1ccccc1)([CH]1C=Cc2ccccc21)[CH]1C=Cc2ccccc21.Cl.Cl. The number of hydrogen-bond acceptors (Lipinski definition) is 0. The van der Waals surface area contributed by atoms with Crippen molar-refractivity contribution in [3.8, 4) is 0 Å². The van der Waals surface area contributed by atoms with Gasteiger partial charge in [-0.3, -0.25) is 0 Å². The summed E-state index contributed by atoms with van der Waals surface area (Å²) in [5.41, 5.74) is 5.78. The minimum Gasteiger partial charge on any atom is -0.147 e. The van der Waals surface area contributed by atoms with Crippen LogP contribution in [0, 0.1) is 0 Å². The minimum atomic E-state index is -3.77. The molecule has 0 amide bonds. The predicted octanol–water partition coefficient (Wildman–Crippen LogP) is 5.81. The van der Waals surface area contributed by atoms with Crippen LogP contribution >= 0.6 is 24.8 Å². The Morgan fingerprint density at radius 1 is 0.667 bits per heavy atom. The zero-order chi connectivity index (χ0) is 19.2. The Morgan fingerprint density at radius 2 is 1.10 bits per heavy atom. The summed E-state index contributed by atoms with van der Waals surface area (Å²) in [5.74, 6) is 0. The van der Waals surface area contributed by atoms with E-state index in [9.17, 15) is 0 Å². The van der Waals surface area contributed by atoms with E-state index in [4.69, 9.17) is 0 Å². The number of fused-ring (bicyclic) bond motifs is 2. The fraction of sp³-hybridized carbons (Fsp3) is 0.0769. The van der Waals surface area contributed by atoms with Crippen molar-refractivity contribution in [2.24, 2.45) is 0 Å². The molecule has 0 saturated carbocycles. The van der Waals surface area contributed by atoms with Crippen molar-refractivity contribution in [3.05, 3.63) is 124 Å². The third-order valence-corrected chi connectivity index (χ3v) is 38.5. The molecule has 3 aromatic rings. The zero-order valence-corrected chi connectivity index (χ0v) is 23.2. The molecule has 0 radical (unpaired) electrons. The smallest absolute Gasteiger partial charge is 0.147 e. The molecule has 30 heavy (non-hydrogen) atoms.